The van der Waals surface area contributed by atoms with Crippen molar-refractivity contribution < 1.29 is 14.3 Å². The van der Waals surface area contributed by atoms with Crippen LogP contribution in [-0.4, -0.2) is 52.0 Å². The van der Waals surface area contributed by atoms with E-state index in [2.05, 4.69) is 9.97 Å². The Kier molecular flexibility index (Phi) is 4.25. The number of hydrogen-bond acceptors (Lipinski definition) is 5. The molecule has 7 heteroatoms. The lowest BCUT2D eigenvalue weighted by atomic mass is 9.76. The molecule has 1 aromatic heterocycles. The minimum Gasteiger partial charge on any atom is -0.360 e. The van der Waals surface area contributed by atoms with E-state index in [0.29, 0.717) is 18.8 Å². The Balaban J connectivity index is 1.42. The molecule has 0 N–H and O–H groups in total. The standard InChI is InChI=1S/C23H24N4O3/c1-14-4-5-17(10-15(14)2)27-13-23-7-6-18(30-23)19(20(23)22(27)29)21(28)26(3)12-16-11-24-8-9-25-16/h4-11,18-20H,12-13H2,1-3H3/t18-,19-,20-,23-/m0/s1. The van der Waals surface area contributed by atoms with E-state index >= 15 is 0 Å². The summed E-state index contributed by atoms with van der Waals surface area (Å²) in [5.74, 6) is -1.18. The van der Waals surface area contributed by atoms with Gasteiger partial charge in [0.25, 0.3) is 0 Å². The van der Waals surface area contributed by atoms with E-state index in [1.54, 1.807) is 35.4 Å². The van der Waals surface area contributed by atoms with Gasteiger partial charge >= 0.3 is 0 Å². The van der Waals surface area contributed by atoms with Crippen molar-refractivity contribution in [2.75, 3.05) is 18.5 Å². The Morgan fingerprint density at radius 1 is 1.30 bits per heavy atom. The molecule has 7 nitrogen and oxygen atoms in total. The molecule has 4 atom stereocenters. The van der Waals surface area contributed by atoms with E-state index in [0.717, 1.165) is 11.3 Å². The quantitative estimate of drug-likeness (QED) is 0.729. The van der Waals surface area contributed by atoms with Crippen LogP contribution in [0.2, 0.25) is 0 Å². The number of anilines is 1. The largest absolute Gasteiger partial charge is 0.360 e. The summed E-state index contributed by atoms with van der Waals surface area (Å²) in [7, 11) is 1.74. The Bertz CT molecular complexity index is 1050. The minimum absolute atomic E-state index is 0.0450. The zero-order valence-electron chi connectivity index (χ0n) is 17.3. The molecule has 3 aliphatic rings. The maximum absolute atomic E-state index is 13.5. The topological polar surface area (TPSA) is 75.6 Å². The Morgan fingerprint density at radius 2 is 2.13 bits per heavy atom. The van der Waals surface area contributed by atoms with Gasteiger partial charge in [0.05, 0.1) is 42.9 Å². The Morgan fingerprint density at radius 3 is 2.87 bits per heavy atom. The van der Waals surface area contributed by atoms with Crippen LogP contribution in [0.1, 0.15) is 16.8 Å². The van der Waals surface area contributed by atoms with Crippen molar-refractivity contribution in [3.05, 3.63) is 65.8 Å². The summed E-state index contributed by atoms with van der Waals surface area (Å²) >= 11 is 0. The number of rotatable bonds is 4. The average Bonchev–Trinajstić information content (AvgIpc) is 3.38. The zero-order chi connectivity index (χ0) is 21.0. The fourth-order valence-corrected chi connectivity index (χ4v) is 4.88. The van der Waals surface area contributed by atoms with Crippen LogP contribution in [0.5, 0.6) is 0 Å². The van der Waals surface area contributed by atoms with Crippen molar-refractivity contribution in [1.82, 2.24) is 14.9 Å². The van der Waals surface area contributed by atoms with Crippen molar-refractivity contribution in [3.63, 3.8) is 0 Å². The third-order valence-electron chi connectivity index (χ3n) is 6.58. The average molecular weight is 404 g/mol. The van der Waals surface area contributed by atoms with E-state index in [4.69, 9.17) is 4.74 Å². The van der Waals surface area contributed by atoms with Crippen molar-refractivity contribution in [2.45, 2.75) is 32.1 Å². The smallest absolute Gasteiger partial charge is 0.234 e. The lowest BCUT2D eigenvalue weighted by Crippen LogP contribution is -2.44. The Labute approximate surface area is 175 Å². The molecule has 0 aliphatic carbocycles. The van der Waals surface area contributed by atoms with Crippen LogP contribution in [0.25, 0.3) is 0 Å². The van der Waals surface area contributed by atoms with Crippen molar-refractivity contribution >= 4 is 17.5 Å². The summed E-state index contributed by atoms with van der Waals surface area (Å²) in [6, 6.07) is 6.01. The van der Waals surface area contributed by atoms with E-state index in [9.17, 15) is 9.59 Å². The van der Waals surface area contributed by atoms with Gasteiger partial charge in [-0.1, -0.05) is 18.2 Å². The monoisotopic (exact) mass is 404 g/mol. The molecule has 30 heavy (non-hydrogen) atoms. The SMILES string of the molecule is Cc1ccc(N2C[C@]34C=C[C@H](O3)[C@H](C(=O)N(C)Cc3cnccn3)[C@H]4C2=O)cc1C. The van der Waals surface area contributed by atoms with Gasteiger partial charge in [-0.05, 0) is 37.1 Å². The molecule has 3 aliphatic heterocycles. The van der Waals surface area contributed by atoms with Gasteiger partial charge < -0.3 is 14.5 Å². The number of benzene rings is 1. The number of hydrogen-bond donors (Lipinski definition) is 0. The molecule has 1 spiro atoms. The summed E-state index contributed by atoms with van der Waals surface area (Å²) in [6.45, 7) is 4.86. The van der Waals surface area contributed by atoms with E-state index in [1.165, 1.54) is 5.56 Å². The number of fused-ring (bicyclic) bond motifs is 1. The first-order valence-electron chi connectivity index (χ1n) is 10.2. The molecule has 2 saturated heterocycles. The molecular weight excluding hydrogens is 380 g/mol. The number of carbonyl (C=O) groups excluding carboxylic acids is 2. The van der Waals surface area contributed by atoms with Gasteiger partial charge in [0.2, 0.25) is 11.8 Å². The van der Waals surface area contributed by atoms with Gasteiger partial charge in [0, 0.05) is 25.1 Å². The van der Waals surface area contributed by atoms with E-state index < -0.39 is 17.4 Å². The van der Waals surface area contributed by atoms with Crippen LogP contribution < -0.4 is 4.90 Å². The summed E-state index contributed by atoms with van der Waals surface area (Å²) in [4.78, 5) is 38.5. The molecule has 0 saturated carbocycles. The van der Waals surface area contributed by atoms with E-state index in [-0.39, 0.29) is 17.9 Å². The molecule has 2 fully saturated rings. The van der Waals surface area contributed by atoms with Crippen molar-refractivity contribution in [2.24, 2.45) is 11.8 Å². The molecule has 4 heterocycles. The molecule has 0 unspecified atom stereocenters. The maximum Gasteiger partial charge on any atom is 0.234 e. The van der Waals surface area contributed by atoms with Crippen LogP contribution in [0, 0.1) is 25.7 Å². The van der Waals surface area contributed by atoms with Gasteiger partial charge in [-0.25, -0.2) is 0 Å². The summed E-state index contributed by atoms with van der Waals surface area (Å²) in [5, 5.41) is 0. The van der Waals surface area contributed by atoms with Crippen molar-refractivity contribution in [1.29, 1.82) is 0 Å². The van der Waals surface area contributed by atoms with Crippen LogP contribution in [-0.2, 0) is 20.9 Å². The highest BCUT2D eigenvalue weighted by atomic mass is 16.5. The highest BCUT2D eigenvalue weighted by Crippen LogP contribution is 2.53. The number of carbonyl (C=O) groups is 2. The number of aromatic nitrogens is 2. The summed E-state index contributed by atoms with van der Waals surface area (Å²) in [6.07, 6.45) is 8.40. The first kappa shape index (κ1) is 18.9. The van der Waals surface area contributed by atoms with Gasteiger partial charge in [-0.2, -0.15) is 0 Å². The van der Waals surface area contributed by atoms with Crippen LogP contribution in [0.4, 0.5) is 5.69 Å². The number of amides is 2. The fourth-order valence-electron chi connectivity index (χ4n) is 4.88. The van der Waals surface area contributed by atoms with Gasteiger partial charge in [-0.3, -0.25) is 19.6 Å². The third-order valence-corrected chi connectivity index (χ3v) is 6.58. The summed E-state index contributed by atoms with van der Waals surface area (Å²) < 4.78 is 6.24. The lowest BCUT2D eigenvalue weighted by molar-refractivity contribution is -0.139. The molecule has 1 aromatic carbocycles. The predicted octanol–water partition coefficient (Wildman–Crippen LogP) is 2.04. The van der Waals surface area contributed by atoms with Crippen LogP contribution in [0.3, 0.4) is 0 Å². The number of nitrogens with zero attached hydrogens (tertiary/aromatic N) is 4. The predicted molar refractivity (Wildman–Crippen MR) is 110 cm³/mol. The second kappa shape index (κ2) is 6.74. The van der Waals surface area contributed by atoms with Gasteiger partial charge in [0.15, 0.2) is 0 Å². The zero-order valence-corrected chi connectivity index (χ0v) is 17.3. The van der Waals surface area contributed by atoms with Crippen molar-refractivity contribution in [3.8, 4) is 0 Å². The van der Waals surface area contributed by atoms with Crippen LogP contribution in [0.15, 0.2) is 48.9 Å². The fraction of sp³-hybridized carbons (Fsp3) is 0.391. The highest BCUT2D eigenvalue weighted by Gasteiger charge is 2.67. The second-order valence-electron chi connectivity index (χ2n) is 8.48. The van der Waals surface area contributed by atoms with E-state index in [1.807, 2.05) is 44.2 Å². The number of aryl methyl sites for hydroxylation is 2. The normalized spacial score (nSPS) is 28.8. The van der Waals surface area contributed by atoms with Gasteiger partial charge in [0.1, 0.15) is 5.60 Å². The molecule has 0 radical (unpaired) electrons. The first-order chi connectivity index (χ1) is 14.4. The van der Waals surface area contributed by atoms with Gasteiger partial charge in [-0.15, -0.1) is 0 Å². The molecule has 2 aromatic rings. The molecule has 2 bridgehead atoms. The second-order valence-corrected chi connectivity index (χ2v) is 8.48. The molecule has 154 valence electrons. The maximum atomic E-state index is 13.5. The highest BCUT2D eigenvalue weighted by molar-refractivity contribution is 6.03. The summed E-state index contributed by atoms with van der Waals surface area (Å²) in [5.41, 5.74) is 3.14. The number of ether oxygens (including phenoxy) is 1. The first-order valence-corrected chi connectivity index (χ1v) is 10.2. The Hall–Kier alpha value is -3.06. The molecule has 2 amide bonds. The molecule has 5 rings (SSSR count). The third kappa shape index (κ3) is 2.76. The lowest BCUT2D eigenvalue weighted by Gasteiger charge is -2.27. The van der Waals surface area contributed by atoms with Crippen LogP contribution >= 0.6 is 0 Å². The molecular formula is C23H24N4O3. The minimum atomic E-state index is -0.728.